The monoisotopic (exact) mass is 251 g/mol. The zero-order chi connectivity index (χ0) is 13.7. The summed E-state index contributed by atoms with van der Waals surface area (Å²) in [5.74, 6) is -0.283. The van der Waals surface area contributed by atoms with Gasteiger partial charge in [0.2, 0.25) is 0 Å². The van der Waals surface area contributed by atoms with Crippen LogP contribution in [0.4, 0.5) is 0 Å². The van der Waals surface area contributed by atoms with Gasteiger partial charge in [-0.05, 0) is 24.6 Å². The van der Waals surface area contributed by atoms with Gasteiger partial charge in [-0.15, -0.1) is 0 Å². The molecule has 1 aromatic heterocycles. The van der Waals surface area contributed by atoms with Crippen molar-refractivity contribution in [3.05, 3.63) is 65.5 Å². The molecule has 0 radical (unpaired) electrons. The second kappa shape index (κ2) is 5.78. The number of nitrogens with zero attached hydrogens (tertiary/aromatic N) is 2. The van der Waals surface area contributed by atoms with E-state index < -0.39 is 6.04 Å². The zero-order valence-corrected chi connectivity index (χ0v) is 10.5. The number of carbonyl (C=O) groups is 1. The summed E-state index contributed by atoms with van der Waals surface area (Å²) in [5.41, 5.74) is 2.37. The van der Waals surface area contributed by atoms with E-state index in [1.165, 1.54) is 0 Å². The Morgan fingerprint density at radius 1 is 1.21 bits per heavy atom. The smallest absolute Gasteiger partial charge is 0.252 e. The quantitative estimate of drug-likeness (QED) is 0.910. The molecule has 19 heavy (non-hydrogen) atoms. The molecule has 0 aliphatic heterocycles. The van der Waals surface area contributed by atoms with Crippen LogP contribution in [0.3, 0.4) is 0 Å². The maximum absolute atomic E-state index is 12.0. The SMILES string of the molecule is Cc1ccc(C(C#N)NC(=O)c2ccncc2)cc1. The first-order valence-corrected chi connectivity index (χ1v) is 5.88. The van der Waals surface area contributed by atoms with E-state index in [0.717, 1.165) is 11.1 Å². The lowest BCUT2D eigenvalue weighted by molar-refractivity contribution is 0.0945. The lowest BCUT2D eigenvalue weighted by atomic mass is 10.1. The molecule has 0 fully saturated rings. The number of aromatic nitrogens is 1. The van der Waals surface area contributed by atoms with Crippen molar-refractivity contribution in [2.24, 2.45) is 0 Å². The van der Waals surface area contributed by atoms with Gasteiger partial charge in [0, 0.05) is 18.0 Å². The van der Waals surface area contributed by atoms with Crippen molar-refractivity contribution >= 4 is 5.91 Å². The fraction of sp³-hybridized carbons (Fsp3) is 0.133. The van der Waals surface area contributed by atoms with Crippen molar-refractivity contribution in [2.45, 2.75) is 13.0 Å². The molecule has 0 bridgehead atoms. The van der Waals surface area contributed by atoms with E-state index in [1.807, 2.05) is 31.2 Å². The van der Waals surface area contributed by atoms with Crippen LogP contribution in [0.5, 0.6) is 0 Å². The van der Waals surface area contributed by atoms with Crippen LogP contribution < -0.4 is 5.32 Å². The van der Waals surface area contributed by atoms with Crippen LogP contribution in [0, 0.1) is 18.3 Å². The van der Waals surface area contributed by atoms with Crippen LogP contribution >= 0.6 is 0 Å². The second-order valence-electron chi connectivity index (χ2n) is 4.18. The summed E-state index contributed by atoms with van der Waals surface area (Å²) in [5, 5.41) is 11.9. The highest BCUT2D eigenvalue weighted by molar-refractivity contribution is 5.94. The molecule has 94 valence electrons. The fourth-order valence-corrected chi connectivity index (χ4v) is 1.67. The number of benzene rings is 1. The molecule has 4 heteroatoms. The normalized spacial score (nSPS) is 11.4. The average molecular weight is 251 g/mol. The van der Waals surface area contributed by atoms with Gasteiger partial charge < -0.3 is 5.32 Å². The lowest BCUT2D eigenvalue weighted by Crippen LogP contribution is -2.27. The summed E-state index contributed by atoms with van der Waals surface area (Å²) in [6, 6.07) is 12.2. The van der Waals surface area contributed by atoms with Crippen LogP contribution in [0.25, 0.3) is 0 Å². The van der Waals surface area contributed by atoms with Crippen molar-refractivity contribution in [1.82, 2.24) is 10.3 Å². The van der Waals surface area contributed by atoms with E-state index in [4.69, 9.17) is 5.26 Å². The molecule has 0 aliphatic rings. The molecular formula is C15H13N3O. The highest BCUT2D eigenvalue weighted by Crippen LogP contribution is 2.13. The van der Waals surface area contributed by atoms with Gasteiger partial charge in [0.15, 0.2) is 0 Å². The van der Waals surface area contributed by atoms with Gasteiger partial charge in [-0.25, -0.2) is 0 Å². The first kappa shape index (κ1) is 12.8. The van der Waals surface area contributed by atoms with E-state index in [-0.39, 0.29) is 5.91 Å². The molecule has 1 heterocycles. The first-order chi connectivity index (χ1) is 9.20. The number of hydrogen-bond acceptors (Lipinski definition) is 3. The Kier molecular flexibility index (Phi) is 3.89. The number of carbonyl (C=O) groups excluding carboxylic acids is 1. The molecule has 0 saturated heterocycles. The number of amides is 1. The maximum Gasteiger partial charge on any atom is 0.252 e. The molecule has 4 nitrogen and oxygen atoms in total. The third-order valence-electron chi connectivity index (χ3n) is 2.76. The molecule has 1 atom stereocenters. The predicted molar refractivity (Wildman–Crippen MR) is 71.2 cm³/mol. The third-order valence-corrected chi connectivity index (χ3v) is 2.76. The predicted octanol–water partition coefficient (Wildman–Crippen LogP) is 2.38. The molecule has 2 rings (SSSR count). The van der Waals surface area contributed by atoms with E-state index in [9.17, 15) is 4.79 Å². The molecular weight excluding hydrogens is 238 g/mol. The van der Waals surface area contributed by atoms with E-state index in [0.29, 0.717) is 5.56 Å². The Bertz CT molecular complexity index is 600. The first-order valence-electron chi connectivity index (χ1n) is 5.88. The van der Waals surface area contributed by atoms with E-state index in [2.05, 4.69) is 16.4 Å². The summed E-state index contributed by atoms with van der Waals surface area (Å²) < 4.78 is 0. The van der Waals surface area contributed by atoms with Gasteiger partial charge in [0.1, 0.15) is 6.04 Å². The highest BCUT2D eigenvalue weighted by atomic mass is 16.1. The number of pyridine rings is 1. The minimum absolute atomic E-state index is 0.283. The Hall–Kier alpha value is -2.67. The summed E-state index contributed by atoms with van der Waals surface area (Å²) >= 11 is 0. The average Bonchev–Trinajstić information content (AvgIpc) is 2.46. The number of rotatable bonds is 3. The number of nitriles is 1. The van der Waals surface area contributed by atoms with Crippen molar-refractivity contribution in [2.75, 3.05) is 0 Å². The molecule has 1 unspecified atom stereocenters. The van der Waals surface area contributed by atoms with Crippen LogP contribution in [-0.4, -0.2) is 10.9 Å². The summed E-state index contributed by atoms with van der Waals surface area (Å²) in [6.45, 7) is 1.97. The standard InChI is InChI=1S/C15H13N3O/c1-11-2-4-12(5-3-11)14(10-16)18-15(19)13-6-8-17-9-7-13/h2-9,14H,1H3,(H,18,19). The third kappa shape index (κ3) is 3.17. The molecule has 0 aliphatic carbocycles. The molecule has 0 saturated carbocycles. The van der Waals surface area contributed by atoms with Gasteiger partial charge in [-0.3, -0.25) is 9.78 Å². The molecule has 1 amide bonds. The molecule has 1 N–H and O–H groups in total. The van der Waals surface area contributed by atoms with Crippen molar-refractivity contribution in [3.8, 4) is 6.07 Å². The largest absolute Gasteiger partial charge is 0.332 e. The van der Waals surface area contributed by atoms with Gasteiger partial charge in [-0.2, -0.15) is 5.26 Å². The van der Waals surface area contributed by atoms with Crippen LogP contribution in [0.2, 0.25) is 0 Å². The number of nitrogens with one attached hydrogen (secondary N) is 1. The second-order valence-corrected chi connectivity index (χ2v) is 4.18. The van der Waals surface area contributed by atoms with Crippen molar-refractivity contribution in [3.63, 3.8) is 0 Å². The highest BCUT2D eigenvalue weighted by Gasteiger charge is 2.14. The van der Waals surface area contributed by atoms with Gasteiger partial charge >= 0.3 is 0 Å². The summed E-state index contributed by atoms with van der Waals surface area (Å²) in [7, 11) is 0. The lowest BCUT2D eigenvalue weighted by Gasteiger charge is -2.12. The fourth-order valence-electron chi connectivity index (χ4n) is 1.67. The minimum Gasteiger partial charge on any atom is -0.332 e. The minimum atomic E-state index is -0.652. The topological polar surface area (TPSA) is 65.8 Å². The van der Waals surface area contributed by atoms with Gasteiger partial charge in [0.25, 0.3) is 5.91 Å². The van der Waals surface area contributed by atoms with Crippen LogP contribution in [0.15, 0.2) is 48.8 Å². The Morgan fingerprint density at radius 3 is 2.42 bits per heavy atom. The van der Waals surface area contributed by atoms with E-state index in [1.54, 1.807) is 24.5 Å². The maximum atomic E-state index is 12.0. The zero-order valence-electron chi connectivity index (χ0n) is 10.5. The molecule has 2 aromatic rings. The van der Waals surface area contributed by atoms with Crippen LogP contribution in [0.1, 0.15) is 27.5 Å². The van der Waals surface area contributed by atoms with E-state index >= 15 is 0 Å². The van der Waals surface area contributed by atoms with Crippen LogP contribution in [-0.2, 0) is 0 Å². The summed E-state index contributed by atoms with van der Waals surface area (Å²) in [6.07, 6.45) is 3.09. The van der Waals surface area contributed by atoms with Crippen molar-refractivity contribution < 1.29 is 4.79 Å². The van der Waals surface area contributed by atoms with Gasteiger partial charge in [-0.1, -0.05) is 29.8 Å². The van der Waals surface area contributed by atoms with Crippen molar-refractivity contribution in [1.29, 1.82) is 5.26 Å². The number of hydrogen-bond donors (Lipinski definition) is 1. The Labute approximate surface area is 111 Å². The molecule has 1 aromatic carbocycles. The van der Waals surface area contributed by atoms with Gasteiger partial charge in [0.05, 0.1) is 6.07 Å². The number of aryl methyl sites for hydroxylation is 1. The molecule has 0 spiro atoms. The Morgan fingerprint density at radius 2 is 1.84 bits per heavy atom. The Balaban J connectivity index is 2.14. The summed E-state index contributed by atoms with van der Waals surface area (Å²) in [4.78, 5) is 15.8.